The molecule has 0 bridgehead atoms. The van der Waals surface area contributed by atoms with Crippen LogP contribution in [0.15, 0.2) is 24.3 Å². The summed E-state index contributed by atoms with van der Waals surface area (Å²) >= 11 is 0. The van der Waals surface area contributed by atoms with E-state index in [0.717, 1.165) is 24.2 Å². The van der Waals surface area contributed by atoms with Crippen molar-refractivity contribution in [1.29, 1.82) is 0 Å². The molecule has 18 heavy (non-hydrogen) atoms. The summed E-state index contributed by atoms with van der Waals surface area (Å²) < 4.78 is 5.38. The lowest BCUT2D eigenvalue weighted by atomic mass is 10.2. The fourth-order valence-electron chi connectivity index (χ4n) is 1.93. The molecule has 0 aromatic heterocycles. The Morgan fingerprint density at radius 1 is 1.39 bits per heavy atom. The van der Waals surface area contributed by atoms with Gasteiger partial charge in [-0.05, 0) is 37.5 Å². The number of likely N-dealkylation sites (N-methyl/N-ethyl adjacent to an activating group) is 1. The molecule has 0 heterocycles. The average molecular weight is 248 g/mol. The smallest absolute Gasteiger partial charge is 0.242 e. The summed E-state index contributed by atoms with van der Waals surface area (Å²) in [4.78, 5) is 13.7. The Bertz CT molecular complexity index is 424. The fourth-order valence-corrected chi connectivity index (χ4v) is 1.93. The van der Waals surface area contributed by atoms with Crippen LogP contribution < -0.4 is 10.5 Å². The van der Waals surface area contributed by atoms with Gasteiger partial charge in [-0.1, -0.05) is 12.1 Å². The zero-order valence-corrected chi connectivity index (χ0v) is 11.0. The van der Waals surface area contributed by atoms with Gasteiger partial charge in [0.05, 0.1) is 12.1 Å². The van der Waals surface area contributed by atoms with Crippen LogP contribution in [0.25, 0.3) is 0 Å². The summed E-state index contributed by atoms with van der Waals surface area (Å²) in [5.74, 6) is 0.893. The van der Waals surface area contributed by atoms with E-state index in [1.807, 2.05) is 31.2 Å². The molecule has 1 aromatic rings. The van der Waals surface area contributed by atoms with Gasteiger partial charge in [0.2, 0.25) is 5.91 Å². The number of carbonyl (C=O) groups excluding carboxylic acids is 1. The number of hydrogen-bond donors (Lipinski definition) is 1. The summed E-state index contributed by atoms with van der Waals surface area (Å²) in [6.45, 7) is 3.20. The van der Waals surface area contributed by atoms with Crippen molar-refractivity contribution in [2.75, 3.05) is 13.7 Å². The highest BCUT2D eigenvalue weighted by Crippen LogP contribution is 2.34. The maximum atomic E-state index is 12.0. The minimum absolute atomic E-state index is 0.0383. The number of rotatable bonds is 5. The SMILES string of the molecule is CCOc1ccc(CN(C)C(=O)C2(N)CC2)cc1. The van der Waals surface area contributed by atoms with Gasteiger partial charge in [-0.3, -0.25) is 4.79 Å². The predicted molar refractivity (Wildman–Crippen MR) is 70.2 cm³/mol. The third kappa shape index (κ3) is 2.82. The third-order valence-electron chi connectivity index (χ3n) is 3.22. The van der Waals surface area contributed by atoms with Gasteiger partial charge in [-0.25, -0.2) is 0 Å². The van der Waals surface area contributed by atoms with Crippen LogP contribution in [0.3, 0.4) is 0 Å². The van der Waals surface area contributed by atoms with Gasteiger partial charge in [0.15, 0.2) is 0 Å². The van der Waals surface area contributed by atoms with Crippen molar-refractivity contribution in [3.05, 3.63) is 29.8 Å². The molecule has 0 spiro atoms. The van der Waals surface area contributed by atoms with E-state index in [0.29, 0.717) is 13.2 Å². The molecule has 0 radical (unpaired) electrons. The number of hydrogen-bond acceptors (Lipinski definition) is 3. The molecular formula is C14H20N2O2. The quantitative estimate of drug-likeness (QED) is 0.860. The second kappa shape index (κ2) is 4.98. The van der Waals surface area contributed by atoms with E-state index in [1.165, 1.54) is 0 Å². The van der Waals surface area contributed by atoms with Crippen LogP contribution in [0.2, 0.25) is 0 Å². The van der Waals surface area contributed by atoms with Crippen LogP contribution in [0.5, 0.6) is 5.75 Å². The standard InChI is InChI=1S/C14H20N2O2/c1-3-18-12-6-4-11(5-7-12)10-16(2)13(17)14(15)8-9-14/h4-7H,3,8-10,15H2,1-2H3. The summed E-state index contributed by atoms with van der Waals surface area (Å²) in [6, 6.07) is 7.80. The number of ether oxygens (including phenoxy) is 1. The summed E-state index contributed by atoms with van der Waals surface area (Å²) in [5, 5.41) is 0. The molecule has 1 fully saturated rings. The van der Waals surface area contributed by atoms with Crippen LogP contribution >= 0.6 is 0 Å². The summed E-state index contributed by atoms with van der Waals surface area (Å²) in [5.41, 5.74) is 6.40. The zero-order valence-electron chi connectivity index (χ0n) is 11.0. The number of nitrogens with zero attached hydrogens (tertiary/aromatic N) is 1. The Balaban J connectivity index is 1.94. The van der Waals surface area contributed by atoms with E-state index in [4.69, 9.17) is 10.5 Å². The molecule has 1 aromatic carbocycles. The monoisotopic (exact) mass is 248 g/mol. The van der Waals surface area contributed by atoms with Crippen LogP contribution in [-0.2, 0) is 11.3 Å². The summed E-state index contributed by atoms with van der Waals surface area (Å²) in [6.07, 6.45) is 1.61. The molecule has 98 valence electrons. The van der Waals surface area contributed by atoms with E-state index >= 15 is 0 Å². The average Bonchev–Trinajstić information content (AvgIpc) is 3.10. The lowest BCUT2D eigenvalue weighted by Gasteiger charge is -2.21. The van der Waals surface area contributed by atoms with Gasteiger partial charge in [0.1, 0.15) is 5.75 Å². The van der Waals surface area contributed by atoms with Crippen molar-refractivity contribution in [3.8, 4) is 5.75 Å². The van der Waals surface area contributed by atoms with Crippen molar-refractivity contribution in [1.82, 2.24) is 4.90 Å². The van der Waals surface area contributed by atoms with Crippen molar-refractivity contribution in [2.45, 2.75) is 31.8 Å². The van der Waals surface area contributed by atoms with Crippen LogP contribution in [0.1, 0.15) is 25.3 Å². The van der Waals surface area contributed by atoms with Crippen molar-refractivity contribution >= 4 is 5.91 Å². The largest absolute Gasteiger partial charge is 0.494 e. The highest BCUT2D eigenvalue weighted by atomic mass is 16.5. The molecule has 1 amide bonds. The lowest BCUT2D eigenvalue weighted by Crippen LogP contribution is -2.43. The molecule has 0 aliphatic heterocycles. The number of nitrogens with two attached hydrogens (primary N) is 1. The highest BCUT2D eigenvalue weighted by Gasteiger charge is 2.47. The van der Waals surface area contributed by atoms with Crippen LogP contribution in [0.4, 0.5) is 0 Å². The number of carbonyl (C=O) groups is 1. The van der Waals surface area contributed by atoms with Crippen LogP contribution in [0, 0.1) is 0 Å². The number of benzene rings is 1. The first-order valence-corrected chi connectivity index (χ1v) is 6.31. The second-order valence-electron chi connectivity index (χ2n) is 4.89. The molecule has 0 atom stereocenters. The minimum Gasteiger partial charge on any atom is -0.494 e. The third-order valence-corrected chi connectivity index (χ3v) is 3.22. The highest BCUT2D eigenvalue weighted by molar-refractivity contribution is 5.88. The molecule has 0 saturated heterocycles. The predicted octanol–water partition coefficient (Wildman–Crippen LogP) is 1.53. The molecule has 4 nitrogen and oxygen atoms in total. The maximum absolute atomic E-state index is 12.0. The Morgan fingerprint density at radius 3 is 2.50 bits per heavy atom. The van der Waals surface area contributed by atoms with E-state index < -0.39 is 5.54 Å². The van der Waals surface area contributed by atoms with E-state index in [-0.39, 0.29) is 5.91 Å². The molecule has 2 N–H and O–H groups in total. The van der Waals surface area contributed by atoms with E-state index in [9.17, 15) is 4.79 Å². The Hall–Kier alpha value is -1.55. The maximum Gasteiger partial charge on any atom is 0.242 e. The molecule has 4 heteroatoms. The van der Waals surface area contributed by atoms with Gasteiger partial charge in [0.25, 0.3) is 0 Å². The number of amides is 1. The van der Waals surface area contributed by atoms with Gasteiger partial charge in [0, 0.05) is 13.6 Å². The Labute approximate surface area is 108 Å². The normalized spacial score (nSPS) is 16.2. The Kier molecular flexibility index (Phi) is 3.57. The first kappa shape index (κ1) is 12.9. The lowest BCUT2D eigenvalue weighted by molar-refractivity contribution is -0.132. The molecule has 1 saturated carbocycles. The molecular weight excluding hydrogens is 228 g/mol. The van der Waals surface area contributed by atoms with Crippen molar-refractivity contribution < 1.29 is 9.53 Å². The van der Waals surface area contributed by atoms with Gasteiger partial charge >= 0.3 is 0 Å². The van der Waals surface area contributed by atoms with Crippen LogP contribution in [-0.4, -0.2) is 30.0 Å². The van der Waals surface area contributed by atoms with Crippen molar-refractivity contribution in [2.24, 2.45) is 5.73 Å². The van der Waals surface area contributed by atoms with Gasteiger partial charge < -0.3 is 15.4 Å². The molecule has 1 aliphatic rings. The first-order chi connectivity index (χ1) is 8.55. The van der Waals surface area contributed by atoms with E-state index in [2.05, 4.69) is 0 Å². The van der Waals surface area contributed by atoms with Crippen molar-refractivity contribution in [3.63, 3.8) is 0 Å². The summed E-state index contributed by atoms with van der Waals surface area (Å²) in [7, 11) is 1.80. The molecule has 0 unspecified atom stereocenters. The van der Waals surface area contributed by atoms with Gasteiger partial charge in [-0.2, -0.15) is 0 Å². The van der Waals surface area contributed by atoms with Gasteiger partial charge in [-0.15, -0.1) is 0 Å². The molecule has 1 aliphatic carbocycles. The Morgan fingerprint density at radius 2 is 2.00 bits per heavy atom. The molecule has 2 rings (SSSR count). The second-order valence-corrected chi connectivity index (χ2v) is 4.89. The van der Waals surface area contributed by atoms with E-state index in [1.54, 1.807) is 11.9 Å². The minimum atomic E-state index is -0.583. The first-order valence-electron chi connectivity index (χ1n) is 6.31. The zero-order chi connectivity index (χ0) is 13.2. The fraction of sp³-hybridized carbons (Fsp3) is 0.500. The topological polar surface area (TPSA) is 55.6 Å².